The van der Waals surface area contributed by atoms with E-state index in [1.54, 1.807) is 0 Å². The molecule has 0 saturated carbocycles. The first-order valence-electron chi connectivity index (χ1n) is 8.94. The number of nitrogen functional groups attached to an aromatic ring is 1. The molecule has 11 heteroatoms. The van der Waals surface area contributed by atoms with Crippen molar-refractivity contribution in [3.8, 4) is 0 Å². The molecular formula is C19H19F2N7OS. The van der Waals surface area contributed by atoms with Gasteiger partial charge in [-0.3, -0.25) is 4.79 Å². The van der Waals surface area contributed by atoms with E-state index in [-0.39, 0.29) is 16.9 Å². The van der Waals surface area contributed by atoms with Gasteiger partial charge in [0.15, 0.2) is 0 Å². The maximum absolute atomic E-state index is 13.6. The van der Waals surface area contributed by atoms with Crippen molar-refractivity contribution in [1.82, 2.24) is 14.9 Å². The first kappa shape index (κ1) is 21.2. The zero-order chi connectivity index (χ0) is 21.5. The average molecular weight is 431 g/mol. The largest absolute Gasteiger partial charge is 0.334 e. The highest BCUT2D eigenvalue weighted by molar-refractivity contribution is 7.99. The van der Waals surface area contributed by atoms with Gasteiger partial charge >= 0.3 is 0 Å². The zero-order valence-corrected chi connectivity index (χ0v) is 16.8. The number of nitrogens with two attached hydrogens (primary N) is 1. The highest BCUT2D eigenvalue weighted by Gasteiger charge is 2.15. The van der Waals surface area contributed by atoms with Crippen molar-refractivity contribution in [2.45, 2.75) is 18.5 Å². The first-order valence-corrected chi connectivity index (χ1v) is 9.93. The molecule has 0 fully saturated rings. The SMILES string of the molecule is CC/C(=N\Nc1nnc(SCC(=O)Nc2c(F)cccc2F)n1N)c1ccccc1. The van der Waals surface area contributed by atoms with Crippen molar-refractivity contribution in [3.05, 3.63) is 65.7 Å². The van der Waals surface area contributed by atoms with Crippen LogP contribution >= 0.6 is 11.8 Å². The summed E-state index contributed by atoms with van der Waals surface area (Å²) in [5.74, 6) is 3.63. The molecule has 0 aliphatic heterocycles. The summed E-state index contributed by atoms with van der Waals surface area (Å²) in [6, 6.07) is 13.0. The number of hydrazone groups is 1. The minimum absolute atomic E-state index is 0.170. The molecule has 1 heterocycles. The molecule has 3 aromatic rings. The van der Waals surface area contributed by atoms with Crippen LogP contribution in [0, 0.1) is 11.6 Å². The average Bonchev–Trinajstić information content (AvgIpc) is 3.10. The normalized spacial score (nSPS) is 11.4. The summed E-state index contributed by atoms with van der Waals surface area (Å²) in [5, 5.41) is 14.5. The van der Waals surface area contributed by atoms with Crippen molar-refractivity contribution < 1.29 is 13.6 Å². The molecule has 4 N–H and O–H groups in total. The third kappa shape index (κ3) is 5.11. The second-order valence-electron chi connectivity index (χ2n) is 6.00. The van der Waals surface area contributed by atoms with Crippen LogP contribution in [-0.2, 0) is 4.79 Å². The van der Waals surface area contributed by atoms with Crippen molar-refractivity contribution in [2.24, 2.45) is 5.10 Å². The van der Waals surface area contributed by atoms with E-state index < -0.39 is 23.2 Å². The maximum atomic E-state index is 13.6. The first-order chi connectivity index (χ1) is 14.5. The van der Waals surface area contributed by atoms with Crippen LogP contribution in [0.1, 0.15) is 18.9 Å². The van der Waals surface area contributed by atoms with Gasteiger partial charge in [0.2, 0.25) is 11.1 Å². The number of carbonyl (C=O) groups excluding carboxylic acids is 1. The number of aromatic nitrogens is 3. The van der Waals surface area contributed by atoms with Gasteiger partial charge in [0, 0.05) is 0 Å². The smallest absolute Gasteiger partial charge is 0.264 e. The molecule has 0 atom stereocenters. The van der Waals surface area contributed by atoms with Gasteiger partial charge in [-0.2, -0.15) is 5.10 Å². The summed E-state index contributed by atoms with van der Waals surface area (Å²) < 4.78 is 28.4. The Labute approximate surface area is 175 Å². The van der Waals surface area contributed by atoms with Gasteiger partial charge < -0.3 is 11.2 Å². The molecule has 0 bridgehead atoms. The molecule has 0 radical (unpaired) electrons. The van der Waals surface area contributed by atoms with E-state index in [0.717, 1.165) is 39.8 Å². The number of para-hydroxylation sites is 1. The molecule has 1 amide bonds. The van der Waals surface area contributed by atoms with Gasteiger partial charge in [0.25, 0.3) is 5.95 Å². The number of benzene rings is 2. The lowest BCUT2D eigenvalue weighted by atomic mass is 10.1. The van der Waals surface area contributed by atoms with Gasteiger partial charge in [-0.25, -0.2) is 18.9 Å². The van der Waals surface area contributed by atoms with Crippen molar-refractivity contribution in [1.29, 1.82) is 0 Å². The van der Waals surface area contributed by atoms with E-state index >= 15 is 0 Å². The Hall–Kier alpha value is -3.47. The molecule has 0 aliphatic carbocycles. The van der Waals surface area contributed by atoms with Crippen LogP contribution in [0.15, 0.2) is 58.8 Å². The van der Waals surface area contributed by atoms with E-state index in [4.69, 9.17) is 5.84 Å². The zero-order valence-electron chi connectivity index (χ0n) is 16.0. The van der Waals surface area contributed by atoms with E-state index in [2.05, 4.69) is 26.0 Å². The number of anilines is 2. The monoisotopic (exact) mass is 431 g/mol. The van der Waals surface area contributed by atoms with Crippen molar-refractivity contribution in [3.63, 3.8) is 0 Å². The maximum Gasteiger partial charge on any atom is 0.264 e. The molecule has 8 nitrogen and oxygen atoms in total. The fraction of sp³-hybridized carbons (Fsp3) is 0.158. The van der Waals surface area contributed by atoms with Crippen LogP contribution in [0.3, 0.4) is 0 Å². The quantitative estimate of drug-likeness (QED) is 0.219. The molecule has 0 aliphatic rings. The highest BCUT2D eigenvalue weighted by Crippen LogP contribution is 2.20. The predicted octanol–water partition coefficient (Wildman–Crippen LogP) is 3.23. The standard InChI is InChI=1S/C19H19F2N7OS/c1-2-15(12-7-4-3-5-8-12)24-25-18-26-27-19(28(18)22)30-11-16(29)23-17-13(20)9-6-10-14(17)21/h3-10H,2,11,22H2,1H3,(H,23,29)(H,25,26)/b24-15+. The minimum Gasteiger partial charge on any atom is -0.334 e. The Morgan fingerprint density at radius 1 is 1.13 bits per heavy atom. The lowest BCUT2D eigenvalue weighted by Gasteiger charge is -2.07. The summed E-state index contributed by atoms with van der Waals surface area (Å²) in [7, 11) is 0. The van der Waals surface area contributed by atoms with Crippen LogP contribution in [0.25, 0.3) is 0 Å². The van der Waals surface area contributed by atoms with Gasteiger partial charge in [-0.15, -0.1) is 10.2 Å². The van der Waals surface area contributed by atoms with Crippen LogP contribution in [-0.4, -0.2) is 32.2 Å². The van der Waals surface area contributed by atoms with Gasteiger partial charge in [0.05, 0.1) is 11.5 Å². The Bertz CT molecular complexity index is 1040. The van der Waals surface area contributed by atoms with Gasteiger partial charge in [-0.05, 0) is 24.1 Å². The number of rotatable bonds is 8. The second-order valence-corrected chi connectivity index (χ2v) is 6.94. The second kappa shape index (κ2) is 9.83. The Balaban J connectivity index is 1.61. The Morgan fingerprint density at radius 3 is 2.50 bits per heavy atom. The molecule has 156 valence electrons. The summed E-state index contributed by atoms with van der Waals surface area (Å²) in [6.45, 7) is 1.97. The Kier molecular flexibility index (Phi) is 6.96. The molecule has 3 rings (SSSR count). The van der Waals surface area contributed by atoms with Crippen LogP contribution in [0.5, 0.6) is 0 Å². The number of hydrogen-bond acceptors (Lipinski definition) is 7. The lowest BCUT2D eigenvalue weighted by Crippen LogP contribution is -2.18. The lowest BCUT2D eigenvalue weighted by molar-refractivity contribution is -0.113. The number of carbonyl (C=O) groups is 1. The third-order valence-corrected chi connectivity index (χ3v) is 4.90. The van der Waals surface area contributed by atoms with E-state index in [0.29, 0.717) is 6.42 Å². The number of nitrogens with one attached hydrogen (secondary N) is 2. The molecule has 0 spiro atoms. The van der Waals surface area contributed by atoms with Crippen LogP contribution in [0.2, 0.25) is 0 Å². The molecule has 2 aromatic carbocycles. The predicted molar refractivity (Wildman–Crippen MR) is 113 cm³/mol. The van der Waals surface area contributed by atoms with Gasteiger partial charge in [-0.1, -0.05) is 55.1 Å². The third-order valence-electron chi connectivity index (χ3n) is 3.96. The molecule has 0 unspecified atom stereocenters. The number of nitrogens with zero attached hydrogens (tertiary/aromatic N) is 4. The van der Waals surface area contributed by atoms with Crippen LogP contribution in [0.4, 0.5) is 20.4 Å². The molecular weight excluding hydrogens is 412 g/mol. The van der Waals surface area contributed by atoms with Crippen molar-refractivity contribution >= 4 is 35.0 Å². The number of amides is 1. The fourth-order valence-corrected chi connectivity index (χ4v) is 3.13. The summed E-state index contributed by atoms with van der Waals surface area (Å²) in [5.41, 5.74) is 4.03. The molecule has 1 aromatic heterocycles. The summed E-state index contributed by atoms with van der Waals surface area (Å²) in [4.78, 5) is 12.0. The molecule has 30 heavy (non-hydrogen) atoms. The van der Waals surface area contributed by atoms with Crippen molar-refractivity contribution in [2.75, 3.05) is 22.3 Å². The molecule has 0 saturated heterocycles. The fourth-order valence-electron chi connectivity index (χ4n) is 2.47. The van der Waals surface area contributed by atoms with E-state index in [1.807, 2.05) is 37.3 Å². The Morgan fingerprint density at radius 2 is 1.83 bits per heavy atom. The van der Waals surface area contributed by atoms with Gasteiger partial charge in [0.1, 0.15) is 17.3 Å². The number of thioether (sulfide) groups is 1. The van der Waals surface area contributed by atoms with E-state index in [9.17, 15) is 13.6 Å². The summed E-state index contributed by atoms with van der Waals surface area (Å²) in [6.07, 6.45) is 0.685. The highest BCUT2D eigenvalue weighted by atomic mass is 32.2. The number of hydrogen-bond donors (Lipinski definition) is 3. The minimum atomic E-state index is -0.857. The topological polar surface area (TPSA) is 110 Å². The van der Waals surface area contributed by atoms with E-state index in [1.165, 1.54) is 6.07 Å². The van der Waals surface area contributed by atoms with Crippen LogP contribution < -0.4 is 16.6 Å². The number of halogens is 2. The summed E-state index contributed by atoms with van der Waals surface area (Å²) >= 11 is 0.962.